The second kappa shape index (κ2) is 7.78. The van der Waals surface area contributed by atoms with Gasteiger partial charge >= 0.3 is 0 Å². The smallest absolute Gasteiger partial charge is 0.0818 e. The third-order valence-corrected chi connectivity index (χ3v) is 3.53. The molecular formula is C17H23N3O. The molecule has 4 heteroatoms. The van der Waals surface area contributed by atoms with Gasteiger partial charge < -0.3 is 21.9 Å². The molecule has 0 radical (unpaired) electrons. The van der Waals surface area contributed by atoms with Gasteiger partial charge in [-0.2, -0.15) is 0 Å². The van der Waals surface area contributed by atoms with Crippen LogP contribution in [-0.2, 0) is 13.0 Å². The lowest BCUT2D eigenvalue weighted by Gasteiger charge is -2.19. The third kappa shape index (κ3) is 4.86. The fourth-order valence-corrected chi connectivity index (χ4v) is 2.22. The number of nitrogen functional groups attached to an aromatic ring is 1. The molecule has 0 saturated heterocycles. The highest BCUT2D eigenvalue weighted by Gasteiger charge is 2.14. The van der Waals surface area contributed by atoms with Crippen molar-refractivity contribution in [2.75, 3.05) is 12.3 Å². The Bertz CT molecular complexity index is 545. The van der Waals surface area contributed by atoms with Gasteiger partial charge in [0.05, 0.1) is 6.10 Å². The molecule has 0 aromatic heterocycles. The fraction of sp³-hybridized carbons (Fsp3) is 0.294. The third-order valence-electron chi connectivity index (χ3n) is 3.53. The van der Waals surface area contributed by atoms with E-state index in [2.05, 4.69) is 5.32 Å². The number of benzene rings is 2. The summed E-state index contributed by atoms with van der Waals surface area (Å²) in [6.07, 6.45) is 0.0760. The molecule has 0 heterocycles. The zero-order valence-electron chi connectivity index (χ0n) is 12.1. The molecule has 6 N–H and O–H groups in total. The van der Waals surface area contributed by atoms with Crippen LogP contribution in [0.1, 0.15) is 11.1 Å². The molecule has 2 atom stereocenters. The summed E-state index contributed by atoms with van der Waals surface area (Å²) in [6, 6.07) is 17.4. The maximum absolute atomic E-state index is 10.1. The first-order valence-corrected chi connectivity index (χ1v) is 7.18. The van der Waals surface area contributed by atoms with Crippen molar-refractivity contribution >= 4 is 5.69 Å². The van der Waals surface area contributed by atoms with E-state index in [1.54, 1.807) is 0 Å². The highest BCUT2D eigenvalue weighted by molar-refractivity contribution is 5.46. The number of aliphatic hydroxyl groups excluding tert-OH is 1. The Labute approximate surface area is 125 Å². The molecule has 2 aromatic carbocycles. The maximum Gasteiger partial charge on any atom is 0.0818 e. The first-order valence-electron chi connectivity index (χ1n) is 7.18. The zero-order chi connectivity index (χ0) is 15.1. The van der Waals surface area contributed by atoms with E-state index < -0.39 is 6.10 Å². The number of aliphatic hydroxyl groups is 1. The largest absolute Gasteiger partial charge is 0.398 e. The maximum atomic E-state index is 10.1. The van der Waals surface area contributed by atoms with Crippen LogP contribution in [0.15, 0.2) is 54.6 Å². The van der Waals surface area contributed by atoms with Crippen molar-refractivity contribution in [1.82, 2.24) is 5.32 Å². The Morgan fingerprint density at radius 3 is 2.38 bits per heavy atom. The molecule has 1 unspecified atom stereocenters. The quantitative estimate of drug-likeness (QED) is 0.578. The highest BCUT2D eigenvalue weighted by atomic mass is 16.3. The second-order valence-electron chi connectivity index (χ2n) is 5.25. The number of hydrogen-bond donors (Lipinski definition) is 4. The second-order valence-corrected chi connectivity index (χ2v) is 5.25. The van der Waals surface area contributed by atoms with E-state index in [0.717, 1.165) is 16.8 Å². The summed E-state index contributed by atoms with van der Waals surface area (Å²) in [6.45, 7) is 1.07. The molecule has 21 heavy (non-hydrogen) atoms. The van der Waals surface area contributed by atoms with Crippen LogP contribution < -0.4 is 16.8 Å². The molecule has 112 valence electrons. The van der Waals surface area contributed by atoms with E-state index in [4.69, 9.17) is 11.5 Å². The van der Waals surface area contributed by atoms with Gasteiger partial charge in [0.15, 0.2) is 0 Å². The minimum atomic E-state index is -0.588. The zero-order valence-corrected chi connectivity index (χ0v) is 12.1. The van der Waals surface area contributed by atoms with Crippen LogP contribution >= 0.6 is 0 Å². The van der Waals surface area contributed by atoms with Crippen molar-refractivity contribution in [3.63, 3.8) is 0 Å². The summed E-state index contributed by atoms with van der Waals surface area (Å²) in [7, 11) is 0. The molecule has 4 nitrogen and oxygen atoms in total. The van der Waals surface area contributed by atoms with Crippen molar-refractivity contribution < 1.29 is 5.11 Å². The topological polar surface area (TPSA) is 84.3 Å². The summed E-state index contributed by atoms with van der Waals surface area (Å²) in [5, 5.41) is 13.3. The monoisotopic (exact) mass is 285 g/mol. The minimum absolute atomic E-state index is 0.284. The standard InChI is InChI=1S/C17H23N3O/c18-15-9-5-4-8-14(15)11-20-12-17(21)16(19)10-13-6-2-1-3-7-13/h1-9,16-17,20-21H,10-12,18-19H2/t16?,17-/m0/s1. The van der Waals surface area contributed by atoms with Crippen LogP contribution in [0.25, 0.3) is 0 Å². The van der Waals surface area contributed by atoms with Crippen LogP contribution in [0.3, 0.4) is 0 Å². The molecule has 0 fully saturated rings. The van der Waals surface area contributed by atoms with E-state index in [-0.39, 0.29) is 6.04 Å². The van der Waals surface area contributed by atoms with E-state index >= 15 is 0 Å². The number of para-hydroxylation sites is 1. The van der Waals surface area contributed by atoms with Crippen LogP contribution in [0.5, 0.6) is 0 Å². The molecule has 0 bridgehead atoms. The van der Waals surface area contributed by atoms with Gasteiger partial charge in [0, 0.05) is 24.8 Å². The summed E-state index contributed by atoms with van der Waals surface area (Å²) in [4.78, 5) is 0. The number of nitrogens with one attached hydrogen (secondary N) is 1. The summed E-state index contributed by atoms with van der Waals surface area (Å²) in [5.74, 6) is 0. The van der Waals surface area contributed by atoms with Gasteiger partial charge in [0.2, 0.25) is 0 Å². The molecule has 0 aliphatic carbocycles. The Hall–Kier alpha value is -1.88. The summed E-state index contributed by atoms with van der Waals surface area (Å²) in [5.41, 5.74) is 14.8. The predicted octanol–water partition coefficient (Wildman–Crippen LogP) is 1.29. The van der Waals surface area contributed by atoms with Crippen LogP contribution in [0, 0.1) is 0 Å². The van der Waals surface area contributed by atoms with Gasteiger partial charge in [-0.3, -0.25) is 0 Å². The van der Waals surface area contributed by atoms with Gasteiger partial charge in [-0.1, -0.05) is 48.5 Å². The Kier molecular flexibility index (Phi) is 5.75. The van der Waals surface area contributed by atoms with E-state index in [9.17, 15) is 5.11 Å². The van der Waals surface area contributed by atoms with Gasteiger partial charge in [-0.15, -0.1) is 0 Å². The molecule has 0 saturated carbocycles. The lowest BCUT2D eigenvalue weighted by Crippen LogP contribution is -2.43. The molecule has 2 rings (SSSR count). The molecule has 0 amide bonds. The Morgan fingerprint density at radius 2 is 1.67 bits per heavy atom. The SMILES string of the molecule is Nc1ccccc1CNC[C@H](O)C(N)Cc1ccccc1. The van der Waals surface area contributed by atoms with Gasteiger partial charge in [0.1, 0.15) is 0 Å². The summed E-state index contributed by atoms with van der Waals surface area (Å²) >= 11 is 0. The molecular weight excluding hydrogens is 262 g/mol. The van der Waals surface area contributed by atoms with E-state index in [1.165, 1.54) is 0 Å². The van der Waals surface area contributed by atoms with Crippen molar-refractivity contribution in [2.24, 2.45) is 5.73 Å². The average Bonchev–Trinajstić information content (AvgIpc) is 2.50. The molecule has 2 aromatic rings. The highest BCUT2D eigenvalue weighted by Crippen LogP contribution is 2.10. The molecule has 0 spiro atoms. The number of rotatable bonds is 7. The van der Waals surface area contributed by atoms with Crippen LogP contribution in [-0.4, -0.2) is 23.8 Å². The lowest BCUT2D eigenvalue weighted by atomic mass is 10.0. The van der Waals surface area contributed by atoms with E-state index in [1.807, 2.05) is 54.6 Å². The predicted molar refractivity (Wildman–Crippen MR) is 86.7 cm³/mol. The van der Waals surface area contributed by atoms with Gasteiger partial charge in [-0.25, -0.2) is 0 Å². The average molecular weight is 285 g/mol. The molecule has 0 aliphatic heterocycles. The summed E-state index contributed by atoms with van der Waals surface area (Å²) < 4.78 is 0. The van der Waals surface area contributed by atoms with Crippen molar-refractivity contribution in [3.05, 3.63) is 65.7 Å². The number of hydrogen-bond acceptors (Lipinski definition) is 4. The number of anilines is 1. The van der Waals surface area contributed by atoms with Crippen molar-refractivity contribution in [3.8, 4) is 0 Å². The first-order chi connectivity index (χ1) is 10.2. The molecule has 0 aliphatic rings. The first kappa shape index (κ1) is 15.5. The van der Waals surface area contributed by atoms with Crippen LogP contribution in [0.4, 0.5) is 5.69 Å². The van der Waals surface area contributed by atoms with Gasteiger partial charge in [-0.05, 0) is 23.6 Å². The number of nitrogens with two attached hydrogens (primary N) is 2. The normalized spacial score (nSPS) is 13.8. The minimum Gasteiger partial charge on any atom is -0.398 e. The van der Waals surface area contributed by atoms with Crippen LogP contribution in [0.2, 0.25) is 0 Å². The Balaban J connectivity index is 1.76. The Morgan fingerprint density at radius 1 is 1.00 bits per heavy atom. The van der Waals surface area contributed by atoms with E-state index in [0.29, 0.717) is 19.5 Å². The van der Waals surface area contributed by atoms with Crippen molar-refractivity contribution in [1.29, 1.82) is 0 Å². The van der Waals surface area contributed by atoms with Crippen molar-refractivity contribution in [2.45, 2.75) is 25.1 Å². The van der Waals surface area contributed by atoms with Gasteiger partial charge in [0.25, 0.3) is 0 Å². The fourth-order valence-electron chi connectivity index (χ4n) is 2.22. The lowest BCUT2D eigenvalue weighted by molar-refractivity contribution is 0.141.